The van der Waals surface area contributed by atoms with Gasteiger partial charge in [0, 0.05) is 50.6 Å². The Morgan fingerprint density at radius 1 is 1.12 bits per heavy atom. The van der Waals surface area contributed by atoms with Crippen molar-refractivity contribution in [2.45, 2.75) is 13.0 Å². The quantitative estimate of drug-likeness (QED) is 0.532. The van der Waals surface area contributed by atoms with Crippen molar-refractivity contribution in [1.29, 1.82) is 0 Å². The van der Waals surface area contributed by atoms with E-state index in [4.69, 9.17) is 4.74 Å². The third-order valence-corrected chi connectivity index (χ3v) is 3.84. The molecule has 140 valence electrons. The number of hydrogen-bond acceptors (Lipinski definition) is 4. The van der Waals surface area contributed by atoms with Crippen LogP contribution in [-0.4, -0.2) is 56.7 Å². The largest absolute Gasteiger partial charge is 0.492 e. The molecule has 26 heavy (non-hydrogen) atoms. The first-order valence-electron chi connectivity index (χ1n) is 8.89. The molecule has 0 spiro atoms. The Morgan fingerprint density at radius 3 is 2.65 bits per heavy atom. The summed E-state index contributed by atoms with van der Waals surface area (Å²) in [4.78, 5) is 10.7. The lowest BCUT2D eigenvalue weighted by Gasteiger charge is -2.16. The number of nitrogens with one attached hydrogen (secondary N) is 2. The Kier molecular flexibility index (Phi) is 8.42. The van der Waals surface area contributed by atoms with Crippen molar-refractivity contribution in [2.75, 3.05) is 40.8 Å². The van der Waals surface area contributed by atoms with E-state index < -0.39 is 0 Å². The van der Waals surface area contributed by atoms with Gasteiger partial charge in [-0.1, -0.05) is 24.3 Å². The lowest BCUT2D eigenvalue weighted by atomic mass is 10.2. The van der Waals surface area contributed by atoms with Gasteiger partial charge < -0.3 is 20.3 Å². The Morgan fingerprint density at radius 2 is 1.92 bits per heavy atom. The van der Waals surface area contributed by atoms with Gasteiger partial charge in [0.05, 0.1) is 0 Å². The smallest absolute Gasteiger partial charge is 0.191 e. The number of benzene rings is 1. The summed E-state index contributed by atoms with van der Waals surface area (Å²) in [5, 5.41) is 6.66. The molecular weight excluding hydrogens is 326 g/mol. The highest BCUT2D eigenvalue weighted by Crippen LogP contribution is 2.17. The molecule has 2 rings (SSSR count). The van der Waals surface area contributed by atoms with E-state index in [9.17, 15) is 0 Å². The van der Waals surface area contributed by atoms with Crippen LogP contribution in [0.3, 0.4) is 0 Å². The maximum Gasteiger partial charge on any atom is 0.191 e. The first-order valence-corrected chi connectivity index (χ1v) is 8.89. The fraction of sp³-hybridized carbons (Fsp3) is 0.400. The average Bonchev–Trinajstić information content (AvgIpc) is 2.66. The van der Waals surface area contributed by atoms with Crippen LogP contribution in [0.5, 0.6) is 5.75 Å². The van der Waals surface area contributed by atoms with Gasteiger partial charge in [-0.25, -0.2) is 0 Å². The fourth-order valence-corrected chi connectivity index (χ4v) is 2.38. The molecule has 0 amide bonds. The van der Waals surface area contributed by atoms with E-state index in [1.54, 1.807) is 7.05 Å². The van der Waals surface area contributed by atoms with Gasteiger partial charge >= 0.3 is 0 Å². The van der Waals surface area contributed by atoms with Crippen LogP contribution in [-0.2, 0) is 13.0 Å². The second-order valence-electron chi connectivity index (χ2n) is 6.18. The molecule has 0 unspecified atom stereocenters. The number of pyridine rings is 1. The highest BCUT2D eigenvalue weighted by Gasteiger charge is 2.05. The molecule has 1 heterocycles. The predicted molar refractivity (Wildman–Crippen MR) is 107 cm³/mol. The molecule has 6 nitrogen and oxygen atoms in total. The van der Waals surface area contributed by atoms with E-state index in [1.807, 2.05) is 56.7 Å². The van der Waals surface area contributed by atoms with Crippen LogP contribution in [0.4, 0.5) is 0 Å². The Balaban J connectivity index is 1.80. The molecule has 0 radical (unpaired) electrons. The molecule has 0 atom stereocenters. The number of rotatable bonds is 9. The number of hydrogen-bond donors (Lipinski definition) is 2. The van der Waals surface area contributed by atoms with E-state index in [0.29, 0.717) is 13.2 Å². The third kappa shape index (κ3) is 7.11. The summed E-state index contributed by atoms with van der Waals surface area (Å²) < 4.78 is 5.90. The summed E-state index contributed by atoms with van der Waals surface area (Å²) in [6.45, 7) is 2.98. The summed E-state index contributed by atoms with van der Waals surface area (Å²) in [5.41, 5.74) is 2.18. The zero-order valence-corrected chi connectivity index (χ0v) is 15.9. The first-order chi connectivity index (χ1) is 12.7. The van der Waals surface area contributed by atoms with Crippen LogP contribution in [0, 0.1) is 0 Å². The molecule has 0 bridgehead atoms. The maximum atomic E-state index is 5.90. The second-order valence-corrected chi connectivity index (χ2v) is 6.18. The Bertz CT molecular complexity index is 673. The van der Waals surface area contributed by atoms with Gasteiger partial charge in [0.25, 0.3) is 0 Å². The minimum atomic E-state index is 0.654. The van der Waals surface area contributed by atoms with Crippen molar-refractivity contribution < 1.29 is 4.74 Å². The number of aromatic nitrogens is 1. The molecule has 2 aromatic rings. The van der Waals surface area contributed by atoms with Crippen molar-refractivity contribution in [2.24, 2.45) is 4.99 Å². The van der Waals surface area contributed by atoms with E-state index in [2.05, 4.69) is 31.6 Å². The lowest BCUT2D eigenvalue weighted by molar-refractivity contribution is 0.259. The summed E-state index contributed by atoms with van der Waals surface area (Å²) >= 11 is 0. The molecule has 1 aromatic heterocycles. The number of ether oxygens (including phenoxy) is 1. The number of guanidine groups is 1. The SMILES string of the molecule is CN=C(NCCc1ccccn1)NCc1ccccc1OCCN(C)C. The summed E-state index contributed by atoms with van der Waals surface area (Å²) in [6, 6.07) is 14.0. The normalized spacial score (nSPS) is 11.5. The van der Waals surface area contributed by atoms with Crippen molar-refractivity contribution in [3.63, 3.8) is 0 Å². The van der Waals surface area contributed by atoms with Gasteiger partial charge in [0.15, 0.2) is 5.96 Å². The van der Waals surface area contributed by atoms with Crippen LogP contribution in [0.2, 0.25) is 0 Å². The number of aliphatic imine (C=N–C) groups is 1. The van der Waals surface area contributed by atoms with Gasteiger partial charge in [-0.05, 0) is 32.3 Å². The Hall–Kier alpha value is -2.60. The van der Waals surface area contributed by atoms with Gasteiger partial charge in [-0.3, -0.25) is 9.98 Å². The highest BCUT2D eigenvalue weighted by molar-refractivity contribution is 5.79. The standard InChI is InChI=1S/C20H29N5O/c1-21-20(23-13-11-18-9-6-7-12-22-18)24-16-17-8-4-5-10-19(17)26-15-14-25(2)3/h4-10,12H,11,13-16H2,1-3H3,(H2,21,23,24). The van der Waals surface area contributed by atoms with Gasteiger partial charge in [-0.15, -0.1) is 0 Å². The van der Waals surface area contributed by atoms with Crippen molar-refractivity contribution >= 4 is 5.96 Å². The second kappa shape index (κ2) is 11.1. The molecule has 0 saturated heterocycles. The number of likely N-dealkylation sites (N-methyl/N-ethyl adjacent to an activating group) is 1. The highest BCUT2D eigenvalue weighted by atomic mass is 16.5. The molecule has 0 aliphatic rings. The zero-order chi connectivity index (χ0) is 18.6. The number of nitrogens with zero attached hydrogens (tertiary/aromatic N) is 3. The van der Waals surface area contributed by atoms with E-state index in [-0.39, 0.29) is 0 Å². The van der Waals surface area contributed by atoms with Crippen LogP contribution in [0.1, 0.15) is 11.3 Å². The summed E-state index contributed by atoms with van der Waals surface area (Å²) in [7, 11) is 5.85. The lowest BCUT2D eigenvalue weighted by Crippen LogP contribution is -2.38. The predicted octanol–water partition coefficient (Wildman–Crippen LogP) is 1.93. The molecule has 6 heteroatoms. The van der Waals surface area contributed by atoms with Crippen LogP contribution < -0.4 is 15.4 Å². The third-order valence-electron chi connectivity index (χ3n) is 3.84. The molecule has 0 fully saturated rings. The van der Waals surface area contributed by atoms with Crippen molar-refractivity contribution in [3.8, 4) is 5.75 Å². The summed E-state index contributed by atoms with van der Waals surface area (Å²) in [6.07, 6.45) is 2.67. The molecule has 2 N–H and O–H groups in total. The van der Waals surface area contributed by atoms with Crippen LogP contribution >= 0.6 is 0 Å². The monoisotopic (exact) mass is 355 g/mol. The van der Waals surface area contributed by atoms with Gasteiger partial charge in [0.1, 0.15) is 12.4 Å². The molecule has 0 aliphatic carbocycles. The number of para-hydroxylation sites is 1. The van der Waals surface area contributed by atoms with E-state index >= 15 is 0 Å². The average molecular weight is 355 g/mol. The Labute approximate surface area is 156 Å². The topological polar surface area (TPSA) is 61.8 Å². The fourth-order valence-electron chi connectivity index (χ4n) is 2.38. The van der Waals surface area contributed by atoms with Gasteiger partial charge in [0.2, 0.25) is 0 Å². The minimum absolute atomic E-state index is 0.654. The van der Waals surface area contributed by atoms with Gasteiger partial charge in [-0.2, -0.15) is 0 Å². The van der Waals surface area contributed by atoms with E-state index in [0.717, 1.165) is 42.5 Å². The minimum Gasteiger partial charge on any atom is -0.492 e. The van der Waals surface area contributed by atoms with Crippen molar-refractivity contribution in [1.82, 2.24) is 20.5 Å². The molecule has 0 saturated carbocycles. The molecular formula is C20H29N5O. The maximum absolute atomic E-state index is 5.90. The zero-order valence-electron chi connectivity index (χ0n) is 15.9. The van der Waals surface area contributed by atoms with E-state index in [1.165, 1.54) is 0 Å². The summed E-state index contributed by atoms with van der Waals surface area (Å²) in [5.74, 6) is 1.68. The van der Waals surface area contributed by atoms with Crippen molar-refractivity contribution in [3.05, 3.63) is 59.9 Å². The molecule has 0 aliphatic heterocycles. The molecule has 1 aromatic carbocycles. The first kappa shape index (κ1) is 19.7. The van der Waals surface area contributed by atoms with Crippen LogP contribution in [0.25, 0.3) is 0 Å². The van der Waals surface area contributed by atoms with Crippen LogP contribution in [0.15, 0.2) is 53.7 Å².